The molecule has 1 fully saturated rings. The molecule has 2 rings (SSSR count). The first kappa shape index (κ1) is 13.5. The summed E-state index contributed by atoms with van der Waals surface area (Å²) in [7, 11) is 0. The highest BCUT2D eigenvalue weighted by atomic mass is 32.2. The second-order valence-electron chi connectivity index (χ2n) is 4.12. The fourth-order valence-electron chi connectivity index (χ4n) is 1.79. The molecule has 0 saturated heterocycles. The van der Waals surface area contributed by atoms with Crippen molar-refractivity contribution in [2.24, 2.45) is 0 Å². The second-order valence-corrected chi connectivity index (χ2v) is 4.92. The van der Waals surface area contributed by atoms with E-state index in [0.29, 0.717) is 17.1 Å². The van der Waals surface area contributed by atoms with Crippen molar-refractivity contribution in [3.63, 3.8) is 0 Å². The Balaban J connectivity index is 2.59. The van der Waals surface area contributed by atoms with E-state index in [2.05, 4.69) is 0 Å². The van der Waals surface area contributed by atoms with Crippen LogP contribution in [0.5, 0.6) is 0 Å². The summed E-state index contributed by atoms with van der Waals surface area (Å²) in [6, 6.07) is 4.59. The molecule has 1 aromatic carbocycles. The molecular weight excluding hydrogens is 275 g/mol. The minimum Gasteiger partial charge on any atom is -0.755 e. The molecule has 8 heteroatoms. The van der Waals surface area contributed by atoms with Crippen LogP contribution in [0, 0.1) is 17.1 Å². The fourth-order valence-corrected chi connectivity index (χ4v) is 2.62. The predicted octanol–water partition coefficient (Wildman–Crippen LogP) is 1.18. The maximum absolute atomic E-state index is 13.1. The van der Waals surface area contributed by atoms with Crippen molar-refractivity contribution in [1.82, 2.24) is 0 Å². The number of carboxylic acid groups (broad SMARTS) is 1. The molecule has 0 amide bonds. The van der Waals surface area contributed by atoms with Crippen molar-refractivity contribution < 1.29 is 23.1 Å². The quantitative estimate of drug-likeness (QED) is 0.835. The topological polar surface area (TPSA) is 104 Å². The summed E-state index contributed by atoms with van der Waals surface area (Å²) >= 11 is -2.82. The number of nitrogens with zero attached hydrogens (tertiary/aromatic N) is 2. The van der Waals surface area contributed by atoms with Gasteiger partial charge in [0.05, 0.1) is 17.3 Å². The van der Waals surface area contributed by atoms with Crippen LogP contribution < -0.4 is 4.31 Å². The van der Waals surface area contributed by atoms with E-state index in [1.807, 2.05) is 6.07 Å². The largest absolute Gasteiger partial charge is 0.755 e. The van der Waals surface area contributed by atoms with Gasteiger partial charge in [0.1, 0.15) is 11.4 Å². The number of anilines is 1. The molecule has 19 heavy (non-hydrogen) atoms. The summed E-state index contributed by atoms with van der Waals surface area (Å²) in [6.45, 7) is 0. The zero-order valence-corrected chi connectivity index (χ0v) is 10.3. The molecule has 1 N–H and O–H groups in total. The first-order chi connectivity index (χ1) is 8.91. The van der Waals surface area contributed by atoms with Gasteiger partial charge in [-0.3, -0.25) is 8.51 Å². The van der Waals surface area contributed by atoms with Crippen molar-refractivity contribution in [2.75, 3.05) is 4.31 Å². The van der Waals surface area contributed by atoms with Gasteiger partial charge in [-0.1, -0.05) is 0 Å². The van der Waals surface area contributed by atoms with Crippen LogP contribution in [0.2, 0.25) is 0 Å². The summed E-state index contributed by atoms with van der Waals surface area (Å²) in [5.41, 5.74) is -1.96. The molecule has 1 aliphatic carbocycles. The van der Waals surface area contributed by atoms with Crippen molar-refractivity contribution >= 4 is 22.9 Å². The van der Waals surface area contributed by atoms with E-state index < -0.39 is 34.2 Å². The average Bonchev–Trinajstić information content (AvgIpc) is 3.11. The van der Waals surface area contributed by atoms with Crippen LogP contribution >= 0.6 is 0 Å². The van der Waals surface area contributed by atoms with E-state index >= 15 is 0 Å². The molecule has 0 aliphatic heterocycles. The smallest absolute Gasteiger partial charge is 0.337 e. The lowest BCUT2D eigenvalue weighted by Gasteiger charge is -2.31. The molecule has 0 heterocycles. The molecule has 0 spiro atoms. The van der Waals surface area contributed by atoms with Gasteiger partial charge >= 0.3 is 5.97 Å². The van der Waals surface area contributed by atoms with Gasteiger partial charge in [0, 0.05) is 11.3 Å². The monoisotopic (exact) mass is 283 g/mol. The lowest BCUT2D eigenvalue weighted by molar-refractivity contribution is 0.0697. The Labute approximate surface area is 110 Å². The Morgan fingerprint density at radius 2 is 2.21 bits per heavy atom. The van der Waals surface area contributed by atoms with E-state index in [4.69, 9.17) is 10.4 Å². The number of halogens is 1. The SMILES string of the molecule is N#CC1(N(c2ccc(F)cc2C(=O)O)S(=O)[O-])CC1. The van der Waals surface area contributed by atoms with E-state index in [9.17, 15) is 17.9 Å². The maximum Gasteiger partial charge on any atom is 0.337 e. The Morgan fingerprint density at radius 3 is 2.63 bits per heavy atom. The zero-order chi connectivity index (χ0) is 14.2. The van der Waals surface area contributed by atoms with Gasteiger partial charge in [-0.05, 0) is 31.0 Å². The molecule has 6 nitrogen and oxygen atoms in total. The molecule has 0 bridgehead atoms. The van der Waals surface area contributed by atoms with Gasteiger partial charge in [-0.2, -0.15) is 5.26 Å². The zero-order valence-electron chi connectivity index (χ0n) is 9.50. The Morgan fingerprint density at radius 1 is 1.58 bits per heavy atom. The number of hydrogen-bond acceptors (Lipinski definition) is 4. The van der Waals surface area contributed by atoms with Crippen LogP contribution in [0.3, 0.4) is 0 Å². The summed E-state index contributed by atoms with van der Waals surface area (Å²) < 4.78 is 36.4. The summed E-state index contributed by atoms with van der Waals surface area (Å²) in [6.07, 6.45) is 0.627. The normalized spacial score (nSPS) is 17.3. The lowest BCUT2D eigenvalue weighted by atomic mass is 10.1. The number of aromatic carboxylic acids is 1. The first-order valence-corrected chi connectivity index (χ1v) is 6.28. The molecule has 1 atom stereocenters. The van der Waals surface area contributed by atoms with Gasteiger partial charge in [-0.15, -0.1) is 0 Å². The van der Waals surface area contributed by atoms with E-state index in [1.165, 1.54) is 0 Å². The summed E-state index contributed by atoms with van der Waals surface area (Å²) in [5.74, 6) is -2.25. The van der Waals surface area contributed by atoms with Crippen molar-refractivity contribution in [1.29, 1.82) is 5.26 Å². The number of benzene rings is 1. The van der Waals surface area contributed by atoms with Gasteiger partial charge in [-0.25, -0.2) is 9.18 Å². The molecule has 0 radical (unpaired) electrons. The third kappa shape index (κ3) is 2.30. The fraction of sp³-hybridized carbons (Fsp3) is 0.273. The van der Waals surface area contributed by atoms with Crippen LogP contribution in [0.15, 0.2) is 18.2 Å². The van der Waals surface area contributed by atoms with Crippen LogP contribution in [0.4, 0.5) is 10.1 Å². The standard InChI is InChI=1S/C11H9FN2O4S/c12-7-1-2-9(8(5-7)10(15)16)14(19(17)18)11(6-13)3-4-11/h1-2,5H,3-4H2,(H,15,16)(H,17,18)/p-1. The lowest BCUT2D eigenvalue weighted by Crippen LogP contribution is -2.38. The van der Waals surface area contributed by atoms with E-state index in [1.54, 1.807) is 0 Å². The molecule has 0 aromatic heterocycles. The number of carboxylic acids is 1. The highest BCUT2D eigenvalue weighted by Gasteiger charge is 2.50. The average molecular weight is 283 g/mol. The van der Waals surface area contributed by atoms with E-state index in [-0.39, 0.29) is 5.69 Å². The van der Waals surface area contributed by atoms with Crippen LogP contribution in [0.1, 0.15) is 23.2 Å². The van der Waals surface area contributed by atoms with Gasteiger partial charge in [0.15, 0.2) is 0 Å². The minimum atomic E-state index is -2.82. The number of hydrogen-bond donors (Lipinski definition) is 1. The van der Waals surface area contributed by atoms with Crippen molar-refractivity contribution in [3.8, 4) is 6.07 Å². The van der Waals surface area contributed by atoms with Crippen LogP contribution in [-0.2, 0) is 11.3 Å². The van der Waals surface area contributed by atoms with E-state index in [0.717, 1.165) is 18.2 Å². The van der Waals surface area contributed by atoms with Crippen LogP contribution in [0.25, 0.3) is 0 Å². The summed E-state index contributed by atoms with van der Waals surface area (Å²) in [4.78, 5) is 11.1. The van der Waals surface area contributed by atoms with Crippen molar-refractivity contribution in [2.45, 2.75) is 18.4 Å². The van der Waals surface area contributed by atoms with Gasteiger partial charge in [0.2, 0.25) is 0 Å². The van der Waals surface area contributed by atoms with Gasteiger partial charge in [0.25, 0.3) is 0 Å². The predicted molar refractivity (Wildman–Crippen MR) is 62.3 cm³/mol. The Hall–Kier alpha value is -1.98. The summed E-state index contributed by atoms with van der Waals surface area (Å²) in [5, 5.41) is 18.0. The maximum atomic E-state index is 13.1. The third-order valence-corrected chi connectivity index (χ3v) is 3.72. The first-order valence-electron chi connectivity index (χ1n) is 5.25. The molecule has 1 unspecified atom stereocenters. The molecule has 1 aromatic rings. The minimum absolute atomic E-state index is 0.207. The molecule has 1 aliphatic rings. The Kier molecular flexibility index (Phi) is 3.26. The van der Waals surface area contributed by atoms with Crippen molar-refractivity contribution in [3.05, 3.63) is 29.6 Å². The number of rotatable bonds is 4. The molecular formula is C11H8FN2O4S-. The number of carbonyl (C=O) groups is 1. The highest BCUT2D eigenvalue weighted by molar-refractivity contribution is 7.80. The highest BCUT2D eigenvalue weighted by Crippen LogP contribution is 2.45. The molecule has 1 saturated carbocycles. The second kappa shape index (κ2) is 4.60. The number of nitriles is 1. The van der Waals surface area contributed by atoms with Crippen LogP contribution in [-0.4, -0.2) is 25.4 Å². The Bertz CT molecular complexity index is 609. The van der Waals surface area contributed by atoms with Gasteiger partial charge < -0.3 is 9.66 Å². The third-order valence-electron chi connectivity index (χ3n) is 2.88. The molecule has 100 valence electrons.